The molecule has 0 aromatic heterocycles. The molecule has 0 atom stereocenters. The molecule has 0 unspecified atom stereocenters. The lowest BCUT2D eigenvalue weighted by atomic mass is 10.3. The van der Waals surface area contributed by atoms with Crippen LogP contribution in [0.15, 0.2) is 18.2 Å². The van der Waals surface area contributed by atoms with Crippen molar-refractivity contribution >= 4 is 12.9 Å². The van der Waals surface area contributed by atoms with E-state index in [-0.39, 0.29) is 12.2 Å². The van der Waals surface area contributed by atoms with Gasteiger partial charge in [0.1, 0.15) is 13.2 Å². The SMILES string of the molecule is CC(C)OP(=O)(OC(C)C)c1ccc2c(c1)OCCOCCOCCOCCO2. The second-order valence-corrected chi connectivity index (χ2v) is 8.90. The van der Waals surface area contributed by atoms with E-state index in [9.17, 15) is 4.57 Å². The van der Waals surface area contributed by atoms with Crippen LogP contribution in [0.2, 0.25) is 0 Å². The number of hydrogen-bond donors (Lipinski definition) is 0. The van der Waals surface area contributed by atoms with Crippen molar-refractivity contribution in [3.8, 4) is 11.5 Å². The summed E-state index contributed by atoms with van der Waals surface area (Å²) in [5, 5.41) is 0.422. The van der Waals surface area contributed by atoms with Crippen molar-refractivity contribution in [3.63, 3.8) is 0 Å². The van der Waals surface area contributed by atoms with Crippen molar-refractivity contribution in [2.75, 3.05) is 52.9 Å². The van der Waals surface area contributed by atoms with Crippen molar-refractivity contribution < 1.29 is 37.3 Å². The second kappa shape index (κ2) is 12.5. The predicted octanol–water partition coefficient (Wildman–Crippen LogP) is 3.18. The maximum atomic E-state index is 13.4. The van der Waals surface area contributed by atoms with Crippen LogP contribution in [0.25, 0.3) is 0 Å². The molecule has 0 spiro atoms. The van der Waals surface area contributed by atoms with Crippen LogP contribution in [0.3, 0.4) is 0 Å². The van der Waals surface area contributed by atoms with E-state index in [1.54, 1.807) is 18.2 Å². The van der Waals surface area contributed by atoms with Crippen LogP contribution in [0.1, 0.15) is 27.7 Å². The molecule has 0 fully saturated rings. The molecular weight excluding hydrogens is 399 g/mol. The van der Waals surface area contributed by atoms with Gasteiger partial charge in [-0.1, -0.05) is 0 Å². The van der Waals surface area contributed by atoms with Gasteiger partial charge in [0.2, 0.25) is 0 Å². The van der Waals surface area contributed by atoms with Crippen LogP contribution >= 0.6 is 7.60 Å². The molecule has 0 N–H and O–H groups in total. The second-order valence-electron chi connectivity index (χ2n) is 6.97. The number of hydrogen-bond acceptors (Lipinski definition) is 8. The summed E-state index contributed by atoms with van der Waals surface area (Å²) in [6, 6.07) is 5.06. The third kappa shape index (κ3) is 8.62. The fourth-order valence-corrected chi connectivity index (χ4v) is 4.50. The Hall–Kier alpha value is -1.15. The van der Waals surface area contributed by atoms with Crippen LogP contribution in [-0.4, -0.2) is 65.1 Å². The van der Waals surface area contributed by atoms with Gasteiger partial charge in [-0.2, -0.15) is 0 Å². The maximum absolute atomic E-state index is 13.4. The molecule has 0 saturated heterocycles. The highest BCUT2D eigenvalue weighted by Crippen LogP contribution is 2.50. The highest BCUT2D eigenvalue weighted by Gasteiger charge is 2.31. The Morgan fingerprint density at radius 1 is 0.724 bits per heavy atom. The Bertz CT molecular complexity index is 635. The van der Waals surface area contributed by atoms with Gasteiger partial charge in [0.05, 0.1) is 57.2 Å². The average molecular weight is 432 g/mol. The van der Waals surface area contributed by atoms with Crippen LogP contribution in [0.5, 0.6) is 11.5 Å². The molecule has 1 aliphatic rings. The smallest absolute Gasteiger partial charge is 0.361 e. The fraction of sp³-hybridized carbons (Fsp3) is 0.700. The molecule has 2 rings (SSSR count). The quantitative estimate of drug-likeness (QED) is 0.657. The van der Waals surface area contributed by atoms with Crippen LogP contribution in [0.4, 0.5) is 0 Å². The first-order valence-corrected chi connectivity index (χ1v) is 11.6. The van der Waals surface area contributed by atoms with Gasteiger partial charge in [-0.25, -0.2) is 0 Å². The van der Waals surface area contributed by atoms with Gasteiger partial charge >= 0.3 is 7.60 Å². The highest BCUT2D eigenvalue weighted by molar-refractivity contribution is 7.62. The van der Waals surface area contributed by atoms with Gasteiger partial charge in [-0.15, -0.1) is 0 Å². The molecule has 166 valence electrons. The van der Waals surface area contributed by atoms with Crippen molar-refractivity contribution in [2.24, 2.45) is 0 Å². The molecular formula is C20H33O8P. The van der Waals surface area contributed by atoms with Gasteiger partial charge in [-0.3, -0.25) is 4.57 Å². The van der Waals surface area contributed by atoms with Crippen LogP contribution in [0, 0.1) is 0 Å². The third-order valence-corrected chi connectivity index (χ3v) is 5.97. The zero-order valence-electron chi connectivity index (χ0n) is 17.8. The molecule has 0 bridgehead atoms. The topological polar surface area (TPSA) is 81.7 Å². The zero-order valence-corrected chi connectivity index (χ0v) is 18.7. The maximum Gasteiger partial charge on any atom is 0.361 e. The molecule has 0 amide bonds. The molecule has 0 aliphatic carbocycles. The van der Waals surface area contributed by atoms with Crippen LogP contribution < -0.4 is 14.8 Å². The minimum Gasteiger partial charge on any atom is -0.487 e. The van der Waals surface area contributed by atoms with E-state index < -0.39 is 7.60 Å². The monoisotopic (exact) mass is 432 g/mol. The molecule has 1 aliphatic heterocycles. The number of benzene rings is 1. The van der Waals surface area contributed by atoms with Crippen molar-refractivity contribution in [2.45, 2.75) is 39.9 Å². The van der Waals surface area contributed by atoms with Gasteiger partial charge < -0.3 is 32.7 Å². The first-order valence-electron chi connectivity index (χ1n) is 10.0. The van der Waals surface area contributed by atoms with E-state index in [0.29, 0.717) is 69.7 Å². The largest absolute Gasteiger partial charge is 0.487 e. The average Bonchev–Trinajstić information content (AvgIpc) is 2.65. The van der Waals surface area contributed by atoms with Crippen LogP contribution in [-0.2, 0) is 27.8 Å². The fourth-order valence-electron chi connectivity index (χ4n) is 2.56. The normalized spacial score (nSPS) is 17.7. The summed E-state index contributed by atoms with van der Waals surface area (Å²) in [7, 11) is -3.52. The summed E-state index contributed by atoms with van der Waals surface area (Å²) in [6.45, 7) is 10.8. The Balaban J connectivity index is 2.22. The standard InChI is InChI=1S/C20H33O8P/c1-16(2)27-29(21,28-17(3)4)18-5-6-19-20(15-18)26-14-12-24-10-8-22-7-9-23-11-13-25-19/h5-6,15-17H,7-14H2,1-4H3. The molecule has 1 heterocycles. The van der Waals surface area contributed by atoms with E-state index in [0.717, 1.165) is 0 Å². The summed E-state index contributed by atoms with van der Waals surface area (Å²) in [4.78, 5) is 0. The van der Waals surface area contributed by atoms with E-state index in [2.05, 4.69) is 0 Å². The minimum atomic E-state index is -3.52. The van der Waals surface area contributed by atoms with Crippen molar-refractivity contribution in [1.29, 1.82) is 0 Å². The van der Waals surface area contributed by atoms with Crippen molar-refractivity contribution in [3.05, 3.63) is 18.2 Å². The highest BCUT2D eigenvalue weighted by atomic mass is 31.2. The number of ether oxygens (including phenoxy) is 5. The van der Waals surface area contributed by atoms with E-state index >= 15 is 0 Å². The lowest BCUT2D eigenvalue weighted by Gasteiger charge is -2.24. The van der Waals surface area contributed by atoms with Gasteiger partial charge in [0.15, 0.2) is 11.5 Å². The Labute approximate surface area is 173 Å². The zero-order chi connectivity index (χ0) is 21.1. The molecule has 29 heavy (non-hydrogen) atoms. The van der Waals surface area contributed by atoms with Gasteiger partial charge in [-0.05, 0) is 45.9 Å². The van der Waals surface area contributed by atoms with Gasteiger partial charge in [0, 0.05) is 0 Å². The molecule has 1 aromatic carbocycles. The Morgan fingerprint density at radius 3 is 1.66 bits per heavy atom. The first-order chi connectivity index (χ1) is 13.9. The van der Waals surface area contributed by atoms with Crippen molar-refractivity contribution in [1.82, 2.24) is 0 Å². The predicted molar refractivity (Wildman–Crippen MR) is 110 cm³/mol. The molecule has 9 heteroatoms. The molecule has 1 aromatic rings. The Kier molecular flexibility index (Phi) is 10.4. The summed E-state index contributed by atoms with van der Waals surface area (Å²) in [6.07, 6.45) is -0.524. The molecule has 8 nitrogen and oxygen atoms in total. The summed E-state index contributed by atoms with van der Waals surface area (Å²) >= 11 is 0. The summed E-state index contributed by atoms with van der Waals surface area (Å²) < 4.78 is 52.8. The Morgan fingerprint density at radius 2 is 1.17 bits per heavy atom. The van der Waals surface area contributed by atoms with E-state index in [1.807, 2.05) is 27.7 Å². The lowest BCUT2D eigenvalue weighted by Crippen LogP contribution is -2.18. The third-order valence-electron chi connectivity index (χ3n) is 3.66. The minimum absolute atomic E-state index is 0.262. The number of rotatable bonds is 5. The van der Waals surface area contributed by atoms with Gasteiger partial charge in [0.25, 0.3) is 0 Å². The number of fused-ring (bicyclic) bond motifs is 1. The summed E-state index contributed by atoms with van der Waals surface area (Å²) in [5.41, 5.74) is 0. The molecule has 0 radical (unpaired) electrons. The lowest BCUT2D eigenvalue weighted by molar-refractivity contribution is 0.00708. The summed E-state index contributed by atoms with van der Waals surface area (Å²) in [5.74, 6) is 0.987. The first kappa shape index (κ1) is 24.1. The molecule has 0 saturated carbocycles. The van der Waals surface area contributed by atoms with E-state index in [4.69, 9.17) is 32.7 Å². The van der Waals surface area contributed by atoms with E-state index in [1.165, 1.54) is 0 Å².